The number of hydrogen-bond acceptors (Lipinski definition) is 3. The van der Waals surface area contributed by atoms with Crippen LogP contribution in [0.4, 0.5) is 13.2 Å². The number of halogens is 3. The summed E-state index contributed by atoms with van der Waals surface area (Å²) in [6, 6.07) is 4.39. The highest BCUT2D eigenvalue weighted by molar-refractivity contribution is 7.99. The molecule has 1 unspecified atom stereocenters. The van der Waals surface area contributed by atoms with E-state index in [0.29, 0.717) is 11.3 Å². The molecule has 0 saturated carbocycles. The molecule has 6 heteroatoms. The molecular formula is C13H18F3NOS. The SMILES string of the molecule is CNCc1ccc(SC(C)CCO)cc1C(F)(F)F. The van der Waals surface area contributed by atoms with Crippen molar-refractivity contribution in [2.75, 3.05) is 13.7 Å². The summed E-state index contributed by atoms with van der Waals surface area (Å²) < 4.78 is 38.9. The maximum absolute atomic E-state index is 13.0. The predicted molar refractivity (Wildman–Crippen MR) is 71.2 cm³/mol. The number of aliphatic hydroxyl groups is 1. The van der Waals surface area contributed by atoms with Crippen molar-refractivity contribution in [1.82, 2.24) is 5.32 Å². The molecule has 0 heterocycles. The average molecular weight is 293 g/mol. The Morgan fingerprint density at radius 2 is 2.05 bits per heavy atom. The Morgan fingerprint density at radius 3 is 2.58 bits per heavy atom. The molecule has 19 heavy (non-hydrogen) atoms. The van der Waals surface area contributed by atoms with Crippen molar-refractivity contribution in [1.29, 1.82) is 0 Å². The van der Waals surface area contributed by atoms with E-state index in [9.17, 15) is 13.2 Å². The van der Waals surface area contributed by atoms with Gasteiger partial charge in [-0.05, 0) is 31.2 Å². The van der Waals surface area contributed by atoms with Crippen LogP contribution in [-0.2, 0) is 12.7 Å². The van der Waals surface area contributed by atoms with Crippen molar-refractivity contribution in [2.45, 2.75) is 36.2 Å². The Kier molecular flexibility index (Phi) is 6.16. The molecule has 0 saturated heterocycles. The van der Waals surface area contributed by atoms with Crippen LogP contribution >= 0.6 is 11.8 Å². The molecule has 2 nitrogen and oxygen atoms in total. The summed E-state index contributed by atoms with van der Waals surface area (Å²) >= 11 is 1.34. The number of nitrogens with one attached hydrogen (secondary N) is 1. The minimum Gasteiger partial charge on any atom is -0.396 e. The molecule has 0 spiro atoms. The third-order valence-corrected chi connectivity index (χ3v) is 3.79. The van der Waals surface area contributed by atoms with Crippen LogP contribution in [0.5, 0.6) is 0 Å². The largest absolute Gasteiger partial charge is 0.416 e. The third kappa shape index (κ3) is 5.04. The van der Waals surface area contributed by atoms with E-state index in [4.69, 9.17) is 5.11 Å². The summed E-state index contributed by atoms with van der Waals surface area (Å²) in [4.78, 5) is 0.577. The van der Waals surface area contributed by atoms with E-state index in [2.05, 4.69) is 5.32 Å². The minimum atomic E-state index is -4.34. The summed E-state index contributed by atoms with van der Waals surface area (Å²) in [6.45, 7) is 2.11. The Bertz CT molecular complexity index is 409. The van der Waals surface area contributed by atoms with E-state index in [1.165, 1.54) is 23.9 Å². The lowest BCUT2D eigenvalue weighted by molar-refractivity contribution is -0.138. The first-order valence-electron chi connectivity index (χ1n) is 6.00. The zero-order valence-corrected chi connectivity index (χ0v) is 11.7. The molecule has 108 valence electrons. The van der Waals surface area contributed by atoms with E-state index in [-0.39, 0.29) is 24.0 Å². The van der Waals surface area contributed by atoms with Gasteiger partial charge in [0.1, 0.15) is 0 Å². The molecule has 0 aliphatic carbocycles. The van der Waals surface area contributed by atoms with Gasteiger partial charge in [0.2, 0.25) is 0 Å². The lowest BCUT2D eigenvalue weighted by atomic mass is 10.1. The van der Waals surface area contributed by atoms with Crippen LogP contribution in [0, 0.1) is 0 Å². The van der Waals surface area contributed by atoms with Gasteiger partial charge < -0.3 is 10.4 Å². The van der Waals surface area contributed by atoms with E-state index >= 15 is 0 Å². The summed E-state index contributed by atoms with van der Waals surface area (Å²) in [6.07, 6.45) is -3.78. The van der Waals surface area contributed by atoms with Crippen LogP contribution in [0.3, 0.4) is 0 Å². The standard InChI is InChI=1S/C13H18F3NOS/c1-9(5-6-18)19-11-4-3-10(8-17-2)12(7-11)13(14,15)16/h3-4,7,9,17-18H,5-6,8H2,1-2H3. The predicted octanol–water partition coefficient (Wildman–Crippen LogP) is 3.29. The van der Waals surface area contributed by atoms with Crippen molar-refractivity contribution in [3.8, 4) is 0 Å². The summed E-state index contributed by atoms with van der Waals surface area (Å²) in [5, 5.41) is 11.6. The number of alkyl halides is 3. The van der Waals surface area contributed by atoms with Crippen molar-refractivity contribution in [3.63, 3.8) is 0 Å². The first-order valence-corrected chi connectivity index (χ1v) is 6.88. The normalized spacial score (nSPS) is 13.6. The van der Waals surface area contributed by atoms with Crippen LogP contribution in [-0.4, -0.2) is 24.0 Å². The smallest absolute Gasteiger partial charge is 0.396 e. The van der Waals surface area contributed by atoms with Crippen molar-refractivity contribution >= 4 is 11.8 Å². The molecule has 0 fully saturated rings. The van der Waals surface area contributed by atoms with Crippen molar-refractivity contribution in [2.24, 2.45) is 0 Å². The number of benzene rings is 1. The highest BCUT2D eigenvalue weighted by Gasteiger charge is 2.33. The highest BCUT2D eigenvalue weighted by Crippen LogP contribution is 2.36. The van der Waals surface area contributed by atoms with Gasteiger partial charge >= 0.3 is 6.18 Å². The Hall–Kier alpha value is -0.720. The molecule has 1 aromatic rings. The van der Waals surface area contributed by atoms with Gasteiger partial charge in [0, 0.05) is 23.3 Å². The number of aliphatic hydroxyl groups excluding tert-OH is 1. The monoisotopic (exact) mass is 293 g/mol. The molecule has 0 bridgehead atoms. The summed E-state index contributed by atoms with van der Waals surface area (Å²) in [5.74, 6) is 0. The number of hydrogen-bond donors (Lipinski definition) is 2. The maximum Gasteiger partial charge on any atom is 0.416 e. The lowest BCUT2D eigenvalue weighted by Gasteiger charge is -2.16. The molecule has 0 aliphatic rings. The van der Waals surface area contributed by atoms with Crippen LogP contribution in [0.25, 0.3) is 0 Å². The fraction of sp³-hybridized carbons (Fsp3) is 0.538. The van der Waals surface area contributed by atoms with E-state index in [0.717, 1.165) is 0 Å². The third-order valence-electron chi connectivity index (χ3n) is 2.63. The minimum absolute atomic E-state index is 0.0398. The molecule has 1 aromatic carbocycles. The molecule has 1 rings (SSSR count). The first kappa shape index (κ1) is 16.3. The second kappa shape index (κ2) is 7.17. The topological polar surface area (TPSA) is 32.3 Å². The van der Waals surface area contributed by atoms with Gasteiger partial charge in [-0.1, -0.05) is 13.0 Å². The van der Waals surface area contributed by atoms with Crippen LogP contribution in [0.2, 0.25) is 0 Å². The fourth-order valence-corrected chi connectivity index (χ4v) is 2.73. The van der Waals surface area contributed by atoms with Crippen molar-refractivity contribution < 1.29 is 18.3 Å². The van der Waals surface area contributed by atoms with Gasteiger partial charge in [0.15, 0.2) is 0 Å². The second-order valence-electron chi connectivity index (χ2n) is 4.29. The van der Waals surface area contributed by atoms with Gasteiger partial charge in [0.05, 0.1) is 5.56 Å². The quantitative estimate of drug-likeness (QED) is 0.789. The number of thioether (sulfide) groups is 1. The highest BCUT2D eigenvalue weighted by atomic mass is 32.2. The molecule has 0 amide bonds. The van der Waals surface area contributed by atoms with E-state index in [1.807, 2.05) is 6.92 Å². The zero-order chi connectivity index (χ0) is 14.5. The van der Waals surface area contributed by atoms with Crippen LogP contribution in [0.15, 0.2) is 23.1 Å². The maximum atomic E-state index is 13.0. The van der Waals surface area contributed by atoms with Gasteiger partial charge in [-0.15, -0.1) is 11.8 Å². The van der Waals surface area contributed by atoms with Crippen LogP contribution < -0.4 is 5.32 Å². The molecule has 0 aliphatic heterocycles. The molecular weight excluding hydrogens is 275 g/mol. The lowest BCUT2D eigenvalue weighted by Crippen LogP contribution is -2.14. The summed E-state index contributed by atoms with van der Waals surface area (Å²) in [7, 11) is 1.62. The zero-order valence-electron chi connectivity index (χ0n) is 10.9. The van der Waals surface area contributed by atoms with Gasteiger partial charge in [-0.25, -0.2) is 0 Å². The molecule has 0 aromatic heterocycles. The Balaban J connectivity index is 2.98. The van der Waals surface area contributed by atoms with Crippen LogP contribution in [0.1, 0.15) is 24.5 Å². The fourth-order valence-electron chi connectivity index (χ4n) is 1.71. The molecule has 0 radical (unpaired) electrons. The number of rotatable bonds is 6. The van der Waals surface area contributed by atoms with E-state index in [1.54, 1.807) is 13.1 Å². The van der Waals surface area contributed by atoms with Crippen molar-refractivity contribution in [3.05, 3.63) is 29.3 Å². The second-order valence-corrected chi connectivity index (χ2v) is 5.80. The van der Waals surface area contributed by atoms with Gasteiger partial charge in [-0.3, -0.25) is 0 Å². The average Bonchev–Trinajstić information content (AvgIpc) is 2.30. The van der Waals surface area contributed by atoms with Gasteiger partial charge in [0.25, 0.3) is 0 Å². The van der Waals surface area contributed by atoms with Gasteiger partial charge in [-0.2, -0.15) is 13.2 Å². The Labute approximate surface area is 115 Å². The van der Waals surface area contributed by atoms with E-state index < -0.39 is 11.7 Å². The Morgan fingerprint density at radius 1 is 1.37 bits per heavy atom. The molecule has 1 atom stereocenters. The molecule has 2 N–H and O–H groups in total. The summed E-state index contributed by atoms with van der Waals surface area (Å²) in [5.41, 5.74) is -0.350. The first-order chi connectivity index (χ1) is 8.88.